The third-order valence-electron chi connectivity index (χ3n) is 3.63. The summed E-state index contributed by atoms with van der Waals surface area (Å²) in [7, 11) is 0. The summed E-state index contributed by atoms with van der Waals surface area (Å²) in [6.45, 7) is 4.63. The highest BCUT2D eigenvalue weighted by molar-refractivity contribution is 6.10. The zero-order valence-electron chi connectivity index (χ0n) is 12.8. The first-order valence-corrected chi connectivity index (χ1v) is 7.45. The Bertz CT molecular complexity index is 707. The summed E-state index contributed by atoms with van der Waals surface area (Å²) in [4.78, 5) is 12.5. The minimum atomic E-state index is -0.202. The molecule has 0 aliphatic carbocycles. The average molecular weight is 293 g/mol. The molecule has 0 aromatic heterocycles. The van der Waals surface area contributed by atoms with E-state index in [2.05, 4.69) is 24.3 Å². The van der Waals surface area contributed by atoms with Crippen molar-refractivity contribution in [1.82, 2.24) is 5.01 Å². The maximum Gasteiger partial charge on any atom is 0.342 e. The molecule has 1 aliphatic rings. The van der Waals surface area contributed by atoms with Crippen molar-refractivity contribution >= 4 is 17.4 Å². The number of carbonyl (C=O) groups excluding carboxylic acids is 1. The summed E-state index contributed by atoms with van der Waals surface area (Å²) in [5, 5.41) is 9.09. The van der Waals surface area contributed by atoms with Crippen molar-refractivity contribution in [2.75, 3.05) is 5.32 Å². The van der Waals surface area contributed by atoms with E-state index in [9.17, 15) is 4.79 Å². The molecule has 4 heteroatoms. The number of nitrogens with one attached hydrogen (secondary N) is 1. The van der Waals surface area contributed by atoms with E-state index < -0.39 is 0 Å². The number of fused-ring (bicyclic) bond motifs is 1. The fourth-order valence-electron chi connectivity index (χ4n) is 2.51. The summed E-state index contributed by atoms with van der Waals surface area (Å²) >= 11 is 0. The molecule has 0 saturated carbocycles. The van der Waals surface area contributed by atoms with Gasteiger partial charge in [0.1, 0.15) is 0 Å². The second kappa shape index (κ2) is 6.02. The van der Waals surface area contributed by atoms with Crippen molar-refractivity contribution in [1.29, 1.82) is 0 Å². The molecule has 1 heterocycles. The molecular weight excluding hydrogens is 274 g/mol. The van der Waals surface area contributed by atoms with Crippen LogP contribution in [-0.4, -0.2) is 16.8 Å². The van der Waals surface area contributed by atoms with E-state index in [0.29, 0.717) is 6.54 Å². The highest BCUT2D eigenvalue weighted by Gasteiger charge is 2.23. The first-order chi connectivity index (χ1) is 10.6. The van der Waals surface area contributed by atoms with Crippen molar-refractivity contribution in [2.45, 2.75) is 20.4 Å². The molecule has 1 aliphatic heterocycles. The quantitative estimate of drug-likeness (QED) is 0.910. The van der Waals surface area contributed by atoms with Gasteiger partial charge in [0.25, 0.3) is 0 Å². The van der Waals surface area contributed by atoms with E-state index in [1.807, 2.05) is 54.6 Å². The Morgan fingerprint density at radius 1 is 1.05 bits per heavy atom. The Labute approximate surface area is 130 Å². The number of carbonyl (C=O) groups is 1. The number of anilines is 1. The van der Waals surface area contributed by atoms with Crippen molar-refractivity contribution in [3.63, 3.8) is 0 Å². The zero-order chi connectivity index (χ0) is 15.5. The van der Waals surface area contributed by atoms with Crippen molar-refractivity contribution in [3.05, 3.63) is 65.7 Å². The van der Waals surface area contributed by atoms with E-state index >= 15 is 0 Å². The highest BCUT2D eigenvalue weighted by atomic mass is 16.2. The number of urea groups is 1. The molecule has 3 rings (SSSR count). The van der Waals surface area contributed by atoms with Crippen LogP contribution in [0.2, 0.25) is 0 Å². The van der Waals surface area contributed by atoms with Crippen LogP contribution in [0.1, 0.15) is 25.0 Å². The monoisotopic (exact) mass is 293 g/mol. The number of benzene rings is 2. The van der Waals surface area contributed by atoms with Gasteiger partial charge in [0.15, 0.2) is 0 Å². The van der Waals surface area contributed by atoms with Crippen molar-refractivity contribution < 1.29 is 4.79 Å². The van der Waals surface area contributed by atoms with Gasteiger partial charge in [-0.25, -0.2) is 9.80 Å². The number of rotatable bonds is 3. The third-order valence-corrected chi connectivity index (χ3v) is 3.63. The molecule has 112 valence electrons. The van der Waals surface area contributed by atoms with Gasteiger partial charge in [-0.2, -0.15) is 5.10 Å². The van der Waals surface area contributed by atoms with E-state index in [1.54, 1.807) is 0 Å². The summed E-state index contributed by atoms with van der Waals surface area (Å²) < 4.78 is 0. The summed E-state index contributed by atoms with van der Waals surface area (Å²) in [5.74, 6) is 0.229. The van der Waals surface area contributed by atoms with Crippen molar-refractivity contribution in [2.24, 2.45) is 11.0 Å². The largest absolute Gasteiger partial charge is 0.342 e. The molecule has 4 nitrogen and oxygen atoms in total. The normalized spacial score (nSPS) is 14.2. The second-order valence-electron chi connectivity index (χ2n) is 5.66. The summed E-state index contributed by atoms with van der Waals surface area (Å²) in [6.07, 6.45) is 0. The molecule has 0 bridgehead atoms. The Hall–Kier alpha value is -2.62. The second-order valence-corrected chi connectivity index (χ2v) is 5.66. The van der Waals surface area contributed by atoms with E-state index in [4.69, 9.17) is 0 Å². The summed E-state index contributed by atoms with van der Waals surface area (Å²) in [5.41, 5.74) is 3.78. The molecule has 2 aromatic carbocycles. The molecule has 0 unspecified atom stereocenters. The van der Waals surface area contributed by atoms with Crippen LogP contribution in [0.15, 0.2) is 59.7 Å². The summed E-state index contributed by atoms with van der Waals surface area (Å²) in [6, 6.07) is 17.5. The molecule has 0 spiro atoms. The molecule has 0 saturated heterocycles. The lowest BCUT2D eigenvalue weighted by atomic mass is 9.98. The molecule has 0 atom stereocenters. The van der Waals surface area contributed by atoms with Gasteiger partial charge in [-0.1, -0.05) is 62.4 Å². The lowest BCUT2D eigenvalue weighted by molar-refractivity contribution is 0.212. The van der Waals surface area contributed by atoms with E-state index in [0.717, 1.165) is 22.5 Å². The van der Waals surface area contributed by atoms with Crippen LogP contribution in [-0.2, 0) is 6.54 Å². The lowest BCUT2D eigenvalue weighted by Gasteiger charge is -2.17. The maximum absolute atomic E-state index is 12.5. The maximum atomic E-state index is 12.5. The van der Waals surface area contributed by atoms with E-state index in [-0.39, 0.29) is 11.9 Å². The molecule has 2 aromatic rings. The number of nitrogens with zero attached hydrogens (tertiary/aromatic N) is 2. The highest BCUT2D eigenvalue weighted by Crippen LogP contribution is 2.24. The van der Waals surface area contributed by atoms with Crippen LogP contribution in [0.25, 0.3) is 0 Å². The van der Waals surface area contributed by atoms with Crippen LogP contribution in [0.4, 0.5) is 10.5 Å². The predicted molar refractivity (Wildman–Crippen MR) is 88.8 cm³/mol. The minimum absolute atomic E-state index is 0.202. The first-order valence-electron chi connectivity index (χ1n) is 7.45. The van der Waals surface area contributed by atoms with Crippen LogP contribution in [0.5, 0.6) is 0 Å². The van der Waals surface area contributed by atoms with Crippen LogP contribution >= 0.6 is 0 Å². The number of hydrogen-bond donors (Lipinski definition) is 1. The molecular formula is C18H19N3O. The standard InChI is InChI=1S/C18H19N3O/c1-13(2)17-15-10-6-7-11-16(15)19-18(22)21(20-17)12-14-8-4-3-5-9-14/h3-11,13H,12H2,1-2H3,(H,19,22). The van der Waals surface area contributed by atoms with Gasteiger partial charge in [0.05, 0.1) is 17.9 Å². The van der Waals surface area contributed by atoms with Crippen LogP contribution in [0.3, 0.4) is 0 Å². The van der Waals surface area contributed by atoms with Crippen LogP contribution in [0, 0.1) is 5.92 Å². The third kappa shape index (κ3) is 2.86. The van der Waals surface area contributed by atoms with Gasteiger partial charge in [-0.05, 0) is 17.5 Å². The number of hydrogen-bond acceptors (Lipinski definition) is 2. The molecule has 1 N–H and O–H groups in total. The molecule has 22 heavy (non-hydrogen) atoms. The number of para-hydroxylation sites is 1. The Balaban J connectivity index is 1.99. The Morgan fingerprint density at radius 2 is 1.73 bits per heavy atom. The molecule has 0 fully saturated rings. The average Bonchev–Trinajstić information content (AvgIpc) is 2.66. The number of hydrazone groups is 1. The predicted octanol–water partition coefficient (Wildman–Crippen LogP) is 4.09. The van der Waals surface area contributed by atoms with Gasteiger partial charge >= 0.3 is 6.03 Å². The van der Waals surface area contributed by atoms with Gasteiger partial charge in [-0.15, -0.1) is 0 Å². The lowest BCUT2D eigenvalue weighted by Crippen LogP contribution is -2.29. The fourth-order valence-corrected chi connectivity index (χ4v) is 2.51. The van der Waals surface area contributed by atoms with Crippen LogP contribution < -0.4 is 5.32 Å². The van der Waals surface area contributed by atoms with Gasteiger partial charge in [0.2, 0.25) is 0 Å². The van der Waals surface area contributed by atoms with Gasteiger partial charge in [-0.3, -0.25) is 0 Å². The molecule has 0 radical (unpaired) electrons. The van der Waals surface area contributed by atoms with Gasteiger partial charge in [0, 0.05) is 5.56 Å². The Morgan fingerprint density at radius 3 is 2.45 bits per heavy atom. The zero-order valence-corrected chi connectivity index (χ0v) is 12.8. The van der Waals surface area contributed by atoms with Crippen molar-refractivity contribution in [3.8, 4) is 0 Å². The first kappa shape index (κ1) is 14.3. The van der Waals surface area contributed by atoms with Gasteiger partial charge < -0.3 is 5.32 Å². The fraction of sp³-hybridized carbons (Fsp3) is 0.222. The smallest absolute Gasteiger partial charge is 0.306 e. The SMILES string of the molecule is CC(C)C1=NN(Cc2ccccc2)C(=O)Nc2ccccc21. The minimum Gasteiger partial charge on any atom is -0.306 e. The van der Waals surface area contributed by atoms with E-state index in [1.165, 1.54) is 5.01 Å². The number of amides is 2. The Kier molecular flexibility index (Phi) is 3.92. The topological polar surface area (TPSA) is 44.7 Å². The molecule has 2 amide bonds.